The van der Waals surface area contributed by atoms with E-state index in [9.17, 15) is 0 Å². The molecule has 3 nitrogen and oxygen atoms in total. The molecule has 0 amide bonds. The number of rotatable bonds is 10. The van der Waals surface area contributed by atoms with Crippen LogP contribution in [0.25, 0.3) is 0 Å². The van der Waals surface area contributed by atoms with Crippen LogP contribution in [0.3, 0.4) is 0 Å². The maximum Gasteiger partial charge on any atom is 0.0640 e. The quantitative estimate of drug-likeness (QED) is 0.666. The smallest absolute Gasteiger partial charge is 0.0640 e. The van der Waals surface area contributed by atoms with E-state index in [1.807, 2.05) is 16.4 Å². The molecule has 1 unspecified atom stereocenters. The van der Waals surface area contributed by atoms with Crippen LogP contribution in [0.5, 0.6) is 0 Å². The molecule has 0 spiro atoms. The Morgan fingerprint density at radius 1 is 1.32 bits per heavy atom. The van der Waals surface area contributed by atoms with E-state index in [0.717, 1.165) is 13.0 Å². The molecule has 0 fully saturated rings. The van der Waals surface area contributed by atoms with Crippen LogP contribution in [0.2, 0.25) is 0 Å². The fraction of sp³-hybridized carbons (Fsp3) is 0.800. The second-order valence-electron chi connectivity index (χ2n) is 5.31. The first-order chi connectivity index (χ1) is 9.17. The van der Waals surface area contributed by atoms with Gasteiger partial charge in [0.05, 0.1) is 5.69 Å². The highest BCUT2D eigenvalue weighted by molar-refractivity contribution is 7.99. The van der Waals surface area contributed by atoms with Gasteiger partial charge in [-0.15, -0.1) is 0 Å². The van der Waals surface area contributed by atoms with Crippen molar-refractivity contribution in [2.75, 3.05) is 18.1 Å². The first-order valence-electron chi connectivity index (χ1n) is 7.52. The lowest BCUT2D eigenvalue weighted by atomic mass is 10.2. The number of hydrogen-bond acceptors (Lipinski definition) is 3. The predicted octanol–water partition coefficient (Wildman–Crippen LogP) is 3.52. The van der Waals surface area contributed by atoms with Crippen LogP contribution < -0.4 is 5.32 Å². The summed E-state index contributed by atoms with van der Waals surface area (Å²) in [5.74, 6) is 2.44. The standard InChI is InChI=1S/C15H29N3S/c1-5-8-16-15(12-19-10-6-2)11-14-7-9-18(17-14)13(3)4/h7,9,13,15-16H,5-6,8,10-12H2,1-4H3. The molecule has 0 aliphatic carbocycles. The normalized spacial score (nSPS) is 13.1. The van der Waals surface area contributed by atoms with Crippen molar-refractivity contribution in [3.8, 4) is 0 Å². The van der Waals surface area contributed by atoms with Crippen LogP contribution in [0.15, 0.2) is 12.3 Å². The van der Waals surface area contributed by atoms with Gasteiger partial charge in [-0.1, -0.05) is 13.8 Å². The van der Waals surface area contributed by atoms with Crippen LogP contribution >= 0.6 is 11.8 Å². The Morgan fingerprint density at radius 3 is 2.68 bits per heavy atom. The third kappa shape index (κ3) is 6.48. The molecule has 0 radical (unpaired) electrons. The van der Waals surface area contributed by atoms with E-state index in [-0.39, 0.29) is 0 Å². The van der Waals surface area contributed by atoms with Crippen molar-refractivity contribution in [1.29, 1.82) is 0 Å². The molecule has 1 atom stereocenters. The SMILES string of the molecule is CCCNC(CSCCC)Cc1ccn(C(C)C)n1. The molecule has 0 aliphatic heterocycles. The number of nitrogens with one attached hydrogen (secondary N) is 1. The van der Waals surface area contributed by atoms with Gasteiger partial charge in [-0.25, -0.2) is 0 Å². The van der Waals surface area contributed by atoms with Gasteiger partial charge in [0, 0.05) is 30.5 Å². The van der Waals surface area contributed by atoms with E-state index >= 15 is 0 Å². The monoisotopic (exact) mass is 283 g/mol. The van der Waals surface area contributed by atoms with E-state index in [0.29, 0.717) is 12.1 Å². The molecule has 1 rings (SSSR count). The maximum atomic E-state index is 4.65. The highest BCUT2D eigenvalue weighted by Crippen LogP contribution is 2.11. The van der Waals surface area contributed by atoms with Gasteiger partial charge in [-0.2, -0.15) is 16.9 Å². The van der Waals surface area contributed by atoms with Crippen LogP contribution in [0.4, 0.5) is 0 Å². The Kier molecular flexibility index (Phi) is 8.22. The van der Waals surface area contributed by atoms with Crippen LogP contribution in [-0.4, -0.2) is 33.9 Å². The van der Waals surface area contributed by atoms with E-state index in [2.05, 4.69) is 50.4 Å². The molecule has 19 heavy (non-hydrogen) atoms. The van der Waals surface area contributed by atoms with E-state index in [1.54, 1.807) is 0 Å². The van der Waals surface area contributed by atoms with Gasteiger partial charge in [0.15, 0.2) is 0 Å². The number of hydrogen-bond donors (Lipinski definition) is 1. The minimum Gasteiger partial charge on any atom is -0.313 e. The third-order valence-electron chi connectivity index (χ3n) is 3.00. The minimum atomic E-state index is 0.449. The first-order valence-corrected chi connectivity index (χ1v) is 8.68. The zero-order valence-electron chi connectivity index (χ0n) is 12.9. The van der Waals surface area contributed by atoms with E-state index < -0.39 is 0 Å². The summed E-state index contributed by atoms with van der Waals surface area (Å²) in [5, 5.41) is 8.30. The number of aromatic nitrogens is 2. The second-order valence-corrected chi connectivity index (χ2v) is 6.46. The first kappa shape index (κ1) is 16.6. The van der Waals surface area contributed by atoms with Gasteiger partial charge in [0.2, 0.25) is 0 Å². The molecule has 0 saturated carbocycles. The lowest BCUT2D eigenvalue weighted by molar-refractivity contribution is 0.508. The zero-order valence-corrected chi connectivity index (χ0v) is 13.7. The fourth-order valence-electron chi connectivity index (χ4n) is 1.93. The molecule has 1 N–H and O–H groups in total. The summed E-state index contributed by atoms with van der Waals surface area (Å²) in [7, 11) is 0. The Hall–Kier alpha value is -0.480. The molecule has 110 valence electrons. The van der Waals surface area contributed by atoms with Crippen molar-refractivity contribution in [2.45, 2.75) is 59.0 Å². The van der Waals surface area contributed by atoms with Crippen LogP contribution in [-0.2, 0) is 6.42 Å². The summed E-state index contributed by atoms with van der Waals surface area (Å²) < 4.78 is 2.05. The summed E-state index contributed by atoms with van der Waals surface area (Å²) in [6.07, 6.45) is 5.58. The van der Waals surface area contributed by atoms with Gasteiger partial charge >= 0.3 is 0 Å². The molecule has 4 heteroatoms. The second kappa shape index (κ2) is 9.43. The number of thioether (sulfide) groups is 1. The number of nitrogens with zero attached hydrogens (tertiary/aromatic N) is 2. The van der Waals surface area contributed by atoms with E-state index in [4.69, 9.17) is 0 Å². The highest BCUT2D eigenvalue weighted by atomic mass is 32.2. The summed E-state index contributed by atoms with van der Waals surface area (Å²) in [4.78, 5) is 0. The summed E-state index contributed by atoms with van der Waals surface area (Å²) in [6, 6.07) is 3.16. The van der Waals surface area contributed by atoms with Gasteiger partial charge < -0.3 is 5.32 Å². The van der Waals surface area contributed by atoms with Gasteiger partial charge in [-0.3, -0.25) is 4.68 Å². The molecule has 1 aromatic heterocycles. The summed E-state index contributed by atoms with van der Waals surface area (Å²) in [6.45, 7) is 9.89. The lowest BCUT2D eigenvalue weighted by Gasteiger charge is -2.17. The van der Waals surface area contributed by atoms with Crippen molar-refractivity contribution in [1.82, 2.24) is 15.1 Å². The molecule has 1 heterocycles. The van der Waals surface area contributed by atoms with Crippen LogP contribution in [0, 0.1) is 0 Å². The molecule has 0 bridgehead atoms. The van der Waals surface area contributed by atoms with Gasteiger partial charge in [0.1, 0.15) is 0 Å². The zero-order chi connectivity index (χ0) is 14.1. The van der Waals surface area contributed by atoms with Crippen molar-refractivity contribution in [2.24, 2.45) is 0 Å². The maximum absolute atomic E-state index is 4.65. The minimum absolute atomic E-state index is 0.449. The third-order valence-corrected chi connectivity index (χ3v) is 4.33. The largest absolute Gasteiger partial charge is 0.313 e. The van der Waals surface area contributed by atoms with Crippen molar-refractivity contribution < 1.29 is 0 Å². The Labute approximate surface area is 122 Å². The van der Waals surface area contributed by atoms with Crippen LogP contribution in [0.1, 0.15) is 52.3 Å². The molecule has 0 aliphatic rings. The molecular weight excluding hydrogens is 254 g/mol. The summed E-state index contributed by atoms with van der Waals surface area (Å²) in [5.41, 5.74) is 1.21. The Bertz CT molecular complexity index is 336. The Balaban J connectivity index is 2.48. The lowest BCUT2D eigenvalue weighted by Crippen LogP contribution is -2.34. The molecular formula is C15H29N3S. The Morgan fingerprint density at radius 2 is 2.11 bits per heavy atom. The van der Waals surface area contributed by atoms with Crippen molar-refractivity contribution in [3.63, 3.8) is 0 Å². The average Bonchev–Trinajstić information content (AvgIpc) is 2.84. The highest BCUT2D eigenvalue weighted by Gasteiger charge is 2.11. The van der Waals surface area contributed by atoms with E-state index in [1.165, 1.54) is 30.0 Å². The average molecular weight is 283 g/mol. The summed E-state index contributed by atoms with van der Waals surface area (Å²) >= 11 is 2.05. The molecule has 0 saturated heterocycles. The molecule has 0 aromatic carbocycles. The predicted molar refractivity (Wildman–Crippen MR) is 86.0 cm³/mol. The van der Waals surface area contributed by atoms with Crippen molar-refractivity contribution >= 4 is 11.8 Å². The van der Waals surface area contributed by atoms with Gasteiger partial charge in [-0.05, 0) is 45.1 Å². The topological polar surface area (TPSA) is 29.9 Å². The van der Waals surface area contributed by atoms with Gasteiger partial charge in [0.25, 0.3) is 0 Å². The fourth-order valence-corrected chi connectivity index (χ4v) is 2.91. The van der Waals surface area contributed by atoms with Crippen molar-refractivity contribution in [3.05, 3.63) is 18.0 Å². The molecule has 1 aromatic rings.